The van der Waals surface area contributed by atoms with E-state index in [0.29, 0.717) is 11.4 Å². The van der Waals surface area contributed by atoms with E-state index in [2.05, 4.69) is 183 Å². The SMILES string of the molecule is Cc1cccc(-c2cccc(N3c4cc(-c5cccc(C)c5)ccc4B4c5ccc(-c6cccc(C)c6)cc5N(c5cccc(-c6cccc(C)c6)c5)c5cc(OC(F)(F)F)cc3c54)c2)c1. The molecule has 0 radical (unpaired) electrons. The van der Waals surface area contributed by atoms with Gasteiger partial charge in [0, 0.05) is 46.3 Å². The first kappa shape index (κ1) is 41.0. The lowest BCUT2D eigenvalue weighted by atomic mass is 9.33. The normalized spacial score (nSPS) is 12.7. The van der Waals surface area contributed by atoms with Crippen molar-refractivity contribution in [1.82, 2.24) is 0 Å². The number of benzene rings is 9. The van der Waals surface area contributed by atoms with Crippen LogP contribution in [0.1, 0.15) is 22.3 Å². The zero-order valence-electron chi connectivity index (χ0n) is 37.0. The highest BCUT2D eigenvalue weighted by atomic mass is 19.4. The van der Waals surface area contributed by atoms with Crippen molar-refractivity contribution in [2.45, 2.75) is 34.1 Å². The van der Waals surface area contributed by atoms with Gasteiger partial charge in [-0.25, -0.2) is 0 Å². The molecule has 0 spiro atoms. The Hall–Kier alpha value is -7.77. The lowest BCUT2D eigenvalue weighted by Crippen LogP contribution is -2.61. The number of nitrogens with zero attached hydrogens (tertiary/aromatic N) is 2. The summed E-state index contributed by atoms with van der Waals surface area (Å²) in [6.07, 6.45) is -4.94. The highest BCUT2D eigenvalue weighted by Crippen LogP contribution is 2.48. The Balaban J connectivity index is 1.22. The molecule has 0 unspecified atom stereocenters. The van der Waals surface area contributed by atoms with E-state index in [1.54, 1.807) is 12.1 Å². The van der Waals surface area contributed by atoms with Crippen LogP contribution in [0.5, 0.6) is 5.75 Å². The number of aryl methyl sites for hydroxylation is 4. The summed E-state index contributed by atoms with van der Waals surface area (Å²) in [4.78, 5) is 4.28. The fourth-order valence-electron chi connectivity index (χ4n) is 10.0. The largest absolute Gasteiger partial charge is 0.573 e. The van der Waals surface area contributed by atoms with E-state index in [4.69, 9.17) is 4.74 Å². The van der Waals surface area contributed by atoms with Crippen molar-refractivity contribution in [3.63, 3.8) is 0 Å². The van der Waals surface area contributed by atoms with Crippen LogP contribution in [-0.2, 0) is 0 Å². The van der Waals surface area contributed by atoms with Gasteiger partial charge in [-0.05, 0) is 125 Å². The van der Waals surface area contributed by atoms with Gasteiger partial charge in [0.1, 0.15) is 5.75 Å². The average Bonchev–Trinajstić information content (AvgIpc) is 3.30. The summed E-state index contributed by atoms with van der Waals surface area (Å²) >= 11 is 0. The Labute approximate surface area is 384 Å². The number of alkyl halides is 3. The molecule has 3 nitrogen and oxygen atoms in total. The molecule has 7 heteroatoms. The van der Waals surface area contributed by atoms with Gasteiger partial charge in [-0.15, -0.1) is 13.2 Å². The maximum absolute atomic E-state index is 14.7. The number of halogens is 3. The molecule has 0 saturated heterocycles. The molecule has 0 bridgehead atoms. The van der Waals surface area contributed by atoms with E-state index in [1.807, 2.05) is 36.4 Å². The first-order valence-corrected chi connectivity index (χ1v) is 22.2. The van der Waals surface area contributed by atoms with Gasteiger partial charge in [0.2, 0.25) is 0 Å². The summed E-state index contributed by atoms with van der Waals surface area (Å²) in [7, 11) is 0. The van der Waals surface area contributed by atoms with E-state index in [9.17, 15) is 13.2 Å². The first-order valence-electron chi connectivity index (χ1n) is 22.2. The molecule has 0 aromatic heterocycles. The second kappa shape index (κ2) is 16.0. The van der Waals surface area contributed by atoms with E-state index in [-0.39, 0.29) is 12.5 Å². The molecule has 0 N–H and O–H groups in total. The zero-order chi connectivity index (χ0) is 45.3. The lowest BCUT2D eigenvalue weighted by molar-refractivity contribution is -0.274. The van der Waals surface area contributed by atoms with Gasteiger partial charge in [-0.1, -0.05) is 168 Å². The molecule has 11 rings (SSSR count). The van der Waals surface area contributed by atoms with Gasteiger partial charge in [0.15, 0.2) is 0 Å². The van der Waals surface area contributed by atoms with Crippen molar-refractivity contribution in [2.24, 2.45) is 0 Å². The quantitative estimate of drug-likeness (QED) is 0.148. The summed E-state index contributed by atoms with van der Waals surface area (Å²) in [5, 5.41) is 0. The minimum Gasteiger partial charge on any atom is -0.406 e. The van der Waals surface area contributed by atoms with E-state index >= 15 is 0 Å². The zero-order valence-corrected chi connectivity index (χ0v) is 37.0. The number of fused-ring (bicyclic) bond motifs is 4. The third-order valence-electron chi connectivity index (χ3n) is 12.9. The monoisotopic (exact) mass is 864 g/mol. The number of ether oxygens (including phenoxy) is 1. The minimum atomic E-state index is -4.94. The molecule has 320 valence electrons. The molecular weight excluding hydrogens is 820 g/mol. The predicted octanol–water partition coefficient (Wildman–Crippen LogP) is 14.6. The molecule has 0 atom stereocenters. The fraction of sp³-hybridized carbons (Fsp3) is 0.0847. The highest BCUT2D eigenvalue weighted by molar-refractivity contribution is 7.00. The topological polar surface area (TPSA) is 15.7 Å². The molecule has 2 heterocycles. The van der Waals surface area contributed by atoms with Crippen LogP contribution < -0.4 is 30.9 Å². The Kier molecular flexibility index (Phi) is 9.96. The molecule has 0 fully saturated rings. The van der Waals surface area contributed by atoms with Crippen molar-refractivity contribution in [3.8, 4) is 50.3 Å². The Bertz CT molecular complexity index is 3170. The Morgan fingerprint density at radius 1 is 0.364 bits per heavy atom. The van der Waals surface area contributed by atoms with Gasteiger partial charge < -0.3 is 14.5 Å². The molecule has 2 aliphatic rings. The van der Waals surface area contributed by atoms with Crippen LogP contribution in [-0.4, -0.2) is 13.1 Å². The molecule has 0 aliphatic carbocycles. The standard InChI is InChI=1S/C59H44BF3N2O/c1-37-11-5-15-41(27-37)45-19-9-21-49(31-45)64-54-33-47(43-17-7-13-39(3)29-43)23-25-52(54)60-53-26-24-48(44-18-8-14-40(4)30-44)34-55(53)65(57-36-51(66-59(61,62)63)35-56(64)58(57)60)50-22-10-20-46(32-50)42-16-6-12-38(2)28-42/h5-36H,1-4H3. The first-order chi connectivity index (χ1) is 31.9. The molecule has 2 aliphatic heterocycles. The smallest absolute Gasteiger partial charge is 0.406 e. The second-order valence-electron chi connectivity index (χ2n) is 17.7. The summed E-state index contributed by atoms with van der Waals surface area (Å²) in [6.45, 7) is 7.97. The van der Waals surface area contributed by atoms with Crippen LogP contribution in [0, 0.1) is 27.7 Å². The summed E-state index contributed by atoms with van der Waals surface area (Å²) < 4.78 is 49.0. The highest BCUT2D eigenvalue weighted by Gasteiger charge is 2.45. The van der Waals surface area contributed by atoms with Crippen molar-refractivity contribution in [3.05, 3.63) is 216 Å². The summed E-state index contributed by atoms with van der Waals surface area (Å²) in [5.41, 5.74) is 20.3. The molecule has 0 saturated carbocycles. The van der Waals surface area contributed by atoms with Crippen molar-refractivity contribution >= 4 is 57.2 Å². The number of hydrogen-bond donors (Lipinski definition) is 0. The van der Waals surface area contributed by atoms with Crippen LogP contribution in [0.3, 0.4) is 0 Å². The van der Waals surface area contributed by atoms with E-state index in [1.165, 1.54) is 0 Å². The van der Waals surface area contributed by atoms with E-state index in [0.717, 1.165) is 106 Å². The number of hydrogen-bond acceptors (Lipinski definition) is 3. The van der Waals surface area contributed by atoms with Crippen LogP contribution >= 0.6 is 0 Å². The number of rotatable bonds is 7. The van der Waals surface area contributed by atoms with Gasteiger partial charge in [-0.3, -0.25) is 0 Å². The maximum Gasteiger partial charge on any atom is 0.573 e. The Morgan fingerprint density at radius 3 is 1.05 bits per heavy atom. The Morgan fingerprint density at radius 2 is 0.697 bits per heavy atom. The molecule has 0 amide bonds. The van der Waals surface area contributed by atoms with Gasteiger partial charge in [-0.2, -0.15) is 0 Å². The van der Waals surface area contributed by atoms with Gasteiger partial charge in [0.25, 0.3) is 6.71 Å². The third-order valence-corrected chi connectivity index (χ3v) is 12.9. The van der Waals surface area contributed by atoms with Gasteiger partial charge in [0.05, 0.1) is 0 Å². The summed E-state index contributed by atoms with van der Waals surface area (Å²) in [5.74, 6) is -0.300. The molecule has 66 heavy (non-hydrogen) atoms. The number of anilines is 6. The minimum absolute atomic E-state index is 0.300. The van der Waals surface area contributed by atoms with E-state index < -0.39 is 6.36 Å². The second-order valence-corrected chi connectivity index (χ2v) is 17.7. The van der Waals surface area contributed by atoms with Crippen molar-refractivity contribution < 1.29 is 17.9 Å². The summed E-state index contributed by atoms with van der Waals surface area (Å²) in [6, 6.07) is 66.4. The lowest BCUT2D eigenvalue weighted by Gasteiger charge is -2.44. The predicted molar refractivity (Wildman–Crippen MR) is 268 cm³/mol. The molecular formula is C59H44BF3N2O. The fourth-order valence-corrected chi connectivity index (χ4v) is 10.0. The van der Waals surface area contributed by atoms with Crippen molar-refractivity contribution in [2.75, 3.05) is 9.80 Å². The molecule has 9 aromatic rings. The van der Waals surface area contributed by atoms with Crippen LogP contribution in [0.4, 0.5) is 47.3 Å². The average molecular weight is 865 g/mol. The molecule has 9 aromatic carbocycles. The van der Waals surface area contributed by atoms with Crippen LogP contribution in [0.2, 0.25) is 0 Å². The third kappa shape index (κ3) is 7.50. The van der Waals surface area contributed by atoms with Crippen molar-refractivity contribution in [1.29, 1.82) is 0 Å². The van der Waals surface area contributed by atoms with Gasteiger partial charge >= 0.3 is 6.36 Å². The maximum atomic E-state index is 14.7. The van der Waals surface area contributed by atoms with Crippen LogP contribution in [0.25, 0.3) is 44.5 Å². The van der Waals surface area contributed by atoms with Crippen LogP contribution in [0.15, 0.2) is 194 Å².